The van der Waals surface area contributed by atoms with Gasteiger partial charge in [0.2, 0.25) is 0 Å². The molecular weight excluding hydrogens is 215 g/mol. The summed E-state index contributed by atoms with van der Waals surface area (Å²) in [6.45, 7) is 2.93. The van der Waals surface area contributed by atoms with Crippen LogP contribution in [0.25, 0.3) is 0 Å². The fourth-order valence-electron chi connectivity index (χ4n) is 2.27. The molecule has 0 unspecified atom stereocenters. The van der Waals surface area contributed by atoms with E-state index < -0.39 is 17.5 Å². The highest BCUT2D eigenvalue weighted by Gasteiger charge is 2.28. The molecule has 1 saturated heterocycles. The van der Waals surface area contributed by atoms with Crippen LogP contribution in [0.3, 0.4) is 0 Å². The summed E-state index contributed by atoms with van der Waals surface area (Å²) in [5.74, 6) is -3.62. The quantitative estimate of drug-likeness (QED) is 0.769. The second kappa shape index (κ2) is 4.09. The third-order valence-electron chi connectivity index (χ3n) is 3.09. The van der Waals surface area contributed by atoms with Crippen molar-refractivity contribution in [3.05, 3.63) is 35.1 Å². The Labute approximate surface area is 92.7 Å². The van der Waals surface area contributed by atoms with Gasteiger partial charge in [0.1, 0.15) is 0 Å². The van der Waals surface area contributed by atoms with Crippen LogP contribution in [0, 0.1) is 17.5 Å². The van der Waals surface area contributed by atoms with Crippen molar-refractivity contribution in [2.24, 2.45) is 0 Å². The zero-order valence-electron chi connectivity index (χ0n) is 9.12. The van der Waals surface area contributed by atoms with E-state index in [9.17, 15) is 13.2 Å². The molecule has 1 aromatic carbocycles. The van der Waals surface area contributed by atoms with Gasteiger partial charge in [0.05, 0.1) is 0 Å². The van der Waals surface area contributed by atoms with Crippen molar-refractivity contribution < 1.29 is 13.2 Å². The molecule has 4 heteroatoms. The lowest BCUT2D eigenvalue weighted by Gasteiger charge is -2.24. The Morgan fingerprint density at radius 2 is 1.88 bits per heavy atom. The zero-order chi connectivity index (χ0) is 11.8. The molecule has 0 aliphatic carbocycles. The highest BCUT2D eigenvalue weighted by atomic mass is 19.2. The minimum Gasteiger partial charge on any atom is -0.311 e. The van der Waals surface area contributed by atoms with Crippen LogP contribution in [-0.2, 0) is 6.42 Å². The largest absolute Gasteiger partial charge is 0.311 e. The normalized spacial score (nSPS) is 25.0. The molecule has 16 heavy (non-hydrogen) atoms. The minimum absolute atomic E-state index is 0.128. The van der Waals surface area contributed by atoms with E-state index in [-0.39, 0.29) is 5.54 Å². The van der Waals surface area contributed by atoms with Gasteiger partial charge in [-0.2, -0.15) is 0 Å². The van der Waals surface area contributed by atoms with Gasteiger partial charge in [-0.05, 0) is 50.4 Å². The van der Waals surface area contributed by atoms with Crippen molar-refractivity contribution in [3.8, 4) is 0 Å². The Bertz CT molecular complexity index is 374. The number of benzene rings is 1. The summed E-state index contributed by atoms with van der Waals surface area (Å²) in [7, 11) is 0. The first-order valence-corrected chi connectivity index (χ1v) is 5.39. The molecule has 0 amide bonds. The van der Waals surface area contributed by atoms with E-state index in [4.69, 9.17) is 0 Å². The Morgan fingerprint density at radius 3 is 2.38 bits per heavy atom. The molecule has 1 aromatic rings. The van der Waals surface area contributed by atoms with Crippen molar-refractivity contribution in [1.29, 1.82) is 0 Å². The molecule has 1 atom stereocenters. The van der Waals surface area contributed by atoms with Gasteiger partial charge < -0.3 is 5.32 Å². The maximum Gasteiger partial charge on any atom is 0.194 e. The minimum atomic E-state index is -1.40. The second-order valence-electron chi connectivity index (χ2n) is 4.64. The second-order valence-corrected chi connectivity index (χ2v) is 4.64. The topological polar surface area (TPSA) is 12.0 Å². The van der Waals surface area contributed by atoms with E-state index in [0.29, 0.717) is 12.0 Å². The van der Waals surface area contributed by atoms with Gasteiger partial charge in [-0.25, -0.2) is 13.2 Å². The monoisotopic (exact) mass is 229 g/mol. The molecular formula is C12H14F3N. The Balaban J connectivity index is 2.22. The summed E-state index contributed by atoms with van der Waals surface area (Å²) >= 11 is 0. The molecule has 0 radical (unpaired) electrons. The molecule has 1 heterocycles. The maximum absolute atomic E-state index is 13.0. The Morgan fingerprint density at radius 1 is 1.25 bits per heavy atom. The lowest BCUT2D eigenvalue weighted by atomic mass is 9.91. The predicted octanol–water partition coefficient (Wildman–Crippen LogP) is 2.79. The molecule has 1 nitrogen and oxygen atoms in total. The van der Waals surface area contributed by atoms with Crippen molar-refractivity contribution in [3.63, 3.8) is 0 Å². The van der Waals surface area contributed by atoms with Crippen LogP contribution in [-0.4, -0.2) is 12.1 Å². The summed E-state index contributed by atoms with van der Waals surface area (Å²) < 4.78 is 38.8. The van der Waals surface area contributed by atoms with E-state index in [1.54, 1.807) is 0 Å². The van der Waals surface area contributed by atoms with E-state index in [0.717, 1.165) is 31.5 Å². The fraction of sp³-hybridized carbons (Fsp3) is 0.500. The Hall–Kier alpha value is -1.03. The first-order chi connectivity index (χ1) is 7.50. The summed E-state index contributed by atoms with van der Waals surface area (Å²) in [6, 6.07) is 2.15. The molecule has 0 aromatic heterocycles. The summed E-state index contributed by atoms with van der Waals surface area (Å²) in [5, 5.41) is 3.30. The van der Waals surface area contributed by atoms with Crippen LogP contribution in [0.1, 0.15) is 25.3 Å². The van der Waals surface area contributed by atoms with Crippen molar-refractivity contribution in [2.75, 3.05) is 6.54 Å². The third kappa shape index (κ3) is 2.21. The van der Waals surface area contributed by atoms with Crippen molar-refractivity contribution in [1.82, 2.24) is 5.32 Å². The standard InChI is InChI=1S/C12H14F3N/c1-12(3-2-4-16-12)7-8-5-9(13)11(15)10(14)6-8/h5-6,16H,2-4,7H2,1H3/t12-/m0/s1. The molecule has 1 fully saturated rings. The molecule has 1 aliphatic rings. The highest BCUT2D eigenvalue weighted by molar-refractivity contribution is 5.22. The molecule has 2 rings (SSSR count). The molecule has 1 aliphatic heterocycles. The van der Waals surface area contributed by atoms with Crippen molar-refractivity contribution >= 4 is 0 Å². The Kier molecular flexibility index (Phi) is 2.93. The third-order valence-corrected chi connectivity index (χ3v) is 3.09. The van der Waals surface area contributed by atoms with Gasteiger partial charge in [0.25, 0.3) is 0 Å². The van der Waals surface area contributed by atoms with E-state index >= 15 is 0 Å². The first kappa shape index (κ1) is 11.5. The highest BCUT2D eigenvalue weighted by Crippen LogP contribution is 2.24. The van der Waals surface area contributed by atoms with Crippen LogP contribution >= 0.6 is 0 Å². The van der Waals surface area contributed by atoms with Crippen molar-refractivity contribution in [2.45, 2.75) is 31.7 Å². The summed E-state index contributed by atoms with van der Waals surface area (Å²) in [5.41, 5.74) is 0.366. The predicted molar refractivity (Wildman–Crippen MR) is 55.7 cm³/mol. The smallest absolute Gasteiger partial charge is 0.194 e. The molecule has 1 N–H and O–H groups in total. The SMILES string of the molecule is C[C@@]1(Cc2cc(F)c(F)c(F)c2)CCCN1. The van der Waals surface area contributed by atoms with Gasteiger partial charge in [0.15, 0.2) is 17.5 Å². The van der Waals surface area contributed by atoms with Gasteiger partial charge >= 0.3 is 0 Å². The average molecular weight is 229 g/mol. The van der Waals surface area contributed by atoms with E-state index in [1.807, 2.05) is 6.92 Å². The van der Waals surface area contributed by atoms with Crippen LogP contribution in [0.2, 0.25) is 0 Å². The molecule has 0 bridgehead atoms. The number of hydrogen-bond acceptors (Lipinski definition) is 1. The summed E-state index contributed by atoms with van der Waals surface area (Å²) in [6.07, 6.45) is 2.54. The summed E-state index contributed by atoms with van der Waals surface area (Å²) in [4.78, 5) is 0. The van der Waals surface area contributed by atoms with Gasteiger partial charge in [-0.15, -0.1) is 0 Å². The molecule has 0 spiro atoms. The van der Waals surface area contributed by atoms with Crippen LogP contribution < -0.4 is 5.32 Å². The number of halogens is 3. The van der Waals surface area contributed by atoms with Gasteiger partial charge in [0, 0.05) is 5.54 Å². The number of nitrogens with one attached hydrogen (secondary N) is 1. The van der Waals surface area contributed by atoms with Gasteiger partial charge in [-0.3, -0.25) is 0 Å². The van der Waals surface area contributed by atoms with Gasteiger partial charge in [-0.1, -0.05) is 0 Å². The first-order valence-electron chi connectivity index (χ1n) is 5.39. The van der Waals surface area contributed by atoms with E-state index in [1.165, 1.54) is 0 Å². The maximum atomic E-state index is 13.0. The average Bonchev–Trinajstić information content (AvgIpc) is 2.61. The van der Waals surface area contributed by atoms with Crippen LogP contribution in [0.4, 0.5) is 13.2 Å². The molecule has 0 saturated carbocycles. The van der Waals surface area contributed by atoms with E-state index in [2.05, 4.69) is 5.32 Å². The fourth-order valence-corrected chi connectivity index (χ4v) is 2.27. The lowest BCUT2D eigenvalue weighted by Crippen LogP contribution is -2.38. The number of hydrogen-bond donors (Lipinski definition) is 1. The zero-order valence-corrected chi connectivity index (χ0v) is 9.12. The van der Waals surface area contributed by atoms with Crippen LogP contribution in [0.15, 0.2) is 12.1 Å². The number of rotatable bonds is 2. The van der Waals surface area contributed by atoms with Crippen LogP contribution in [0.5, 0.6) is 0 Å². The lowest BCUT2D eigenvalue weighted by molar-refractivity contribution is 0.405. The molecule has 88 valence electrons.